The first-order valence-corrected chi connectivity index (χ1v) is 5.24. The predicted octanol–water partition coefficient (Wildman–Crippen LogP) is -0.0882. The highest BCUT2D eigenvalue weighted by molar-refractivity contribution is 5.42. The van der Waals surface area contributed by atoms with Crippen molar-refractivity contribution in [2.24, 2.45) is 0 Å². The molecular formula is C10H16N4O. The highest BCUT2D eigenvalue weighted by Gasteiger charge is 2.12. The van der Waals surface area contributed by atoms with Gasteiger partial charge in [-0.3, -0.25) is 4.79 Å². The van der Waals surface area contributed by atoms with Gasteiger partial charge in [-0.2, -0.15) is 5.10 Å². The van der Waals surface area contributed by atoms with Crippen LogP contribution in [0, 0.1) is 0 Å². The highest BCUT2D eigenvalue weighted by Crippen LogP contribution is 2.11. The normalized spacial score (nSPS) is 18.9. The molecule has 0 amide bonds. The first kappa shape index (κ1) is 10.2. The van der Waals surface area contributed by atoms with Crippen molar-refractivity contribution in [3.63, 3.8) is 0 Å². The fourth-order valence-electron chi connectivity index (χ4n) is 1.84. The van der Waals surface area contributed by atoms with Gasteiger partial charge in [-0.1, -0.05) is 0 Å². The van der Waals surface area contributed by atoms with Crippen LogP contribution in [0.25, 0.3) is 0 Å². The summed E-state index contributed by atoms with van der Waals surface area (Å²) in [6.45, 7) is 4.11. The van der Waals surface area contributed by atoms with E-state index in [2.05, 4.69) is 27.0 Å². The number of hydrogen-bond donors (Lipinski definition) is 1. The van der Waals surface area contributed by atoms with Crippen LogP contribution in [0.2, 0.25) is 0 Å². The third-order valence-corrected chi connectivity index (χ3v) is 2.74. The molecule has 2 rings (SSSR count). The van der Waals surface area contributed by atoms with Gasteiger partial charge in [0, 0.05) is 25.7 Å². The second-order valence-corrected chi connectivity index (χ2v) is 3.95. The summed E-state index contributed by atoms with van der Waals surface area (Å²) in [5, 5.41) is 6.21. The number of aromatic amines is 1. The van der Waals surface area contributed by atoms with Crippen molar-refractivity contribution in [1.82, 2.24) is 15.1 Å². The number of nitrogens with zero attached hydrogens (tertiary/aromatic N) is 3. The molecule has 1 aliphatic heterocycles. The summed E-state index contributed by atoms with van der Waals surface area (Å²) in [5.74, 6) is 0. The fourth-order valence-corrected chi connectivity index (χ4v) is 1.84. The minimum Gasteiger partial charge on any atom is -0.369 e. The summed E-state index contributed by atoms with van der Waals surface area (Å²) in [5.41, 5.74) is 0.791. The SMILES string of the molecule is CN1CCCN(c2cn[nH]c(=O)c2)CC1. The van der Waals surface area contributed by atoms with Crippen molar-refractivity contribution in [2.75, 3.05) is 38.1 Å². The maximum Gasteiger partial charge on any atom is 0.266 e. The van der Waals surface area contributed by atoms with Crippen molar-refractivity contribution >= 4 is 5.69 Å². The lowest BCUT2D eigenvalue weighted by Gasteiger charge is -2.21. The Morgan fingerprint density at radius 3 is 3.00 bits per heavy atom. The van der Waals surface area contributed by atoms with E-state index < -0.39 is 0 Å². The van der Waals surface area contributed by atoms with E-state index in [9.17, 15) is 4.79 Å². The standard InChI is InChI=1S/C10H16N4O/c1-13-3-2-4-14(6-5-13)9-7-10(15)12-11-8-9/h7-8H,2-6H2,1H3,(H,12,15). The van der Waals surface area contributed by atoms with Gasteiger partial charge in [-0.25, -0.2) is 5.10 Å². The Bertz CT molecular complexity index is 376. The lowest BCUT2D eigenvalue weighted by Crippen LogP contribution is -2.29. The second kappa shape index (κ2) is 4.44. The van der Waals surface area contributed by atoms with Crippen LogP contribution in [0.5, 0.6) is 0 Å². The van der Waals surface area contributed by atoms with Crippen molar-refractivity contribution < 1.29 is 0 Å². The van der Waals surface area contributed by atoms with E-state index in [1.165, 1.54) is 0 Å². The average molecular weight is 208 g/mol. The van der Waals surface area contributed by atoms with E-state index in [4.69, 9.17) is 0 Å². The Hall–Kier alpha value is -1.36. The van der Waals surface area contributed by atoms with Crippen LogP contribution >= 0.6 is 0 Å². The quantitative estimate of drug-likeness (QED) is 0.701. The van der Waals surface area contributed by atoms with Gasteiger partial charge in [0.1, 0.15) is 0 Å². The molecule has 1 N–H and O–H groups in total. The van der Waals surface area contributed by atoms with Crippen LogP contribution < -0.4 is 10.5 Å². The van der Waals surface area contributed by atoms with Gasteiger partial charge < -0.3 is 9.80 Å². The Morgan fingerprint density at radius 2 is 2.20 bits per heavy atom. The molecule has 15 heavy (non-hydrogen) atoms. The number of rotatable bonds is 1. The summed E-state index contributed by atoms with van der Waals surface area (Å²) in [6.07, 6.45) is 2.84. The molecular weight excluding hydrogens is 192 g/mol. The molecule has 0 radical (unpaired) electrons. The highest BCUT2D eigenvalue weighted by atomic mass is 16.1. The zero-order valence-corrected chi connectivity index (χ0v) is 8.94. The maximum absolute atomic E-state index is 11.1. The third-order valence-electron chi connectivity index (χ3n) is 2.74. The van der Waals surface area contributed by atoms with E-state index in [1.807, 2.05) is 0 Å². The molecule has 1 aliphatic rings. The molecule has 1 aromatic rings. The molecule has 82 valence electrons. The van der Waals surface area contributed by atoms with Crippen LogP contribution in [0.4, 0.5) is 5.69 Å². The molecule has 1 aromatic heterocycles. The smallest absolute Gasteiger partial charge is 0.266 e. The molecule has 0 bridgehead atoms. The fraction of sp³-hybridized carbons (Fsp3) is 0.600. The Kier molecular flexibility index (Phi) is 3.01. The largest absolute Gasteiger partial charge is 0.369 e. The van der Waals surface area contributed by atoms with Crippen molar-refractivity contribution in [1.29, 1.82) is 0 Å². The topological polar surface area (TPSA) is 52.2 Å². The lowest BCUT2D eigenvalue weighted by molar-refractivity contribution is 0.360. The number of nitrogens with one attached hydrogen (secondary N) is 1. The molecule has 5 heteroatoms. The van der Waals surface area contributed by atoms with Crippen LogP contribution in [0.1, 0.15) is 6.42 Å². The maximum atomic E-state index is 11.1. The van der Waals surface area contributed by atoms with E-state index in [0.29, 0.717) is 0 Å². The number of H-pyrrole nitrogens is 1. The van der Waals surface area contributed by atoms with Gasteiger partial charge >= 0.3 is 0 Å². The summed E-state index contributed by atoms with van der Waals surface area (Å²) >= 11 is 0. The van der Waals surface area contributed by atoms with Gasteiger partial charge in [0.25, 0.3) is 5.56 Å². The Morgan fingerprint density at radius 1 is 1.33 bits per heavy atom. The monoisotopic (exact) mass is 208 g/mol. The first-order chi connectivity index (χ1) is 7.25. The molecule has 5 nitrogen and oxygen atoms in total. The van der Waals surface area contributed by atoms with E-state index >= 15 is 0 Å². The predicted molar refractivity (Wildman–Crippen MR) is 59.2 cm³/mol. The van der Waals surface area contributed by atoms with Crippen LogP contribution in [-0.4, -0.2) is 48.3 Å². The van der Waals surface area contributed by atoms with Gasteiger partial charge in [0.05, 0.1) is 11.9 Å². The molecule has 2 heterocycles. The van der Waals surface area contributed by atoms with Crippen LogP contribution in [-0.2, 0) is 0 Å². The summed E-state index contributed by atoms with van der Waals surface area (Å²) in [4.78, 5) is 15.6. The van der Waals surface area contributed by atoms with Gasteiger partial charge in [0.2, 0.25) is 0 Å². The molecule has 0 aliphatic carbocycles. The first-order valence-electron chi connectivity index (χ1n) is 5.24. The molecule has 1 saturated heterocycles. The minimum atomic E-state index is -0.134. The van der Waals surface area contributed by atoms with E-state index in [0.717, 1.165) is 38.3 Å². The molecule has 0 atom stereocenters. The molecule has 0 saturated carbocycles. The Labute approximate surface area is 88.7 Å². The minimum absolute atomic E-state index is 0.134. The number of aromatic nitrogens is 2. The molecule has 0 aromatic carbocycles. The number of hydrogen-bond acceptors (Lipinski definition) is 4. The van der Waals surface area contributed by atoms with Crippen LogP contribution in [0.3, 0.4) is 0 Å². The van der Waals surface area contributed by atoms with Gasteiger partial charge in [0.15, 0.2) is 0 Å². The van der Waals surface area contributed by atoms with E-state index in [-0.39, 0.29) is 5.56 Å². The second-order valence-electron chi connectivity index (χ2n) is 3.95. The summed E-state index contributed by atoms with van der Waals surface area (Å²) < 4.78 is 0. The molecule has 0 spiro atoms. The lowest BCUT2D eigenvalue weighted by atomic mass is 10.3. The van der Waals surface area contributed by atoms with Gasteiger partial charge in [-0.05, 0) is 20.0 Å². The van der Waals surface area contributed by atoms with Crippen molar-refractivity contribution in [2.45, 2.75) is 6.42 Å². The molecule has 1 fully saturated rings. The summed E-state index contributed by atoms with van der Waals surface area (Å²) in [7, 11) is 2.12. The Balaban J connectivity index is 2.13. The zero-order valence-electron chi connectivity index (χ0n) is 8.94. The third kappa shape index (κ3) is 2.56. The van der Waals surface area contributed by atoms with E-state index in [1.54, 1.807) is 12.3 Å². The van der Waals surface area contributed by atoms with Gasteiger partial charge in [-0.15, -0.1) is 0 Å². The average Bonchev–Trinajstić information content (AvgIpc) is 2.43. The zero-order chi connectivity index (χ0) is 10.7. The van der Waals surface area contributed by atoms with Crippen LogP contribution in [0.15, 0.2) is 17.1 Å². The number of likely N-dealkylation sites (N-methyl/N-ethyl adjacent to an activating group) is 1. The van der Waals surface area contributed by atoms with Crippen molar-refractivity contribution in [3.8, 4) is 0 Å². The molecule has 0 unspecified atom stereocenters. The summed E-state index contributed by atoms with van der Waals surface area (Å²) in [6, 6.07) is 1.61. The van der Waals surface area contributed by atoms with Crippen molar-refractivity contribution in [3.05, 3.63) is 22.6 Å². The number of anilines is 1.